The Kier molecular flexibility index (Phi) is 13.3. The van der Waals surface area contributed by atoms with Gasteiger partial charge in [-0.2, -0.15) is 0 Å². The molecular weight excluding hydrogens is 931 g/mol. The largest absolute Gasteiger partial charge is 0.313 e. The van der Waals surface area contributed by atoms with Crippen molar-refractivity contribution in [3.05, 3.63) is 57.6 Å². The first-order valence-corrected chi connectivity index (χ1v) is 24.3. The summed E-state index contributed by atoms with van der Waals surface area (Å²) in [5, 5.41) is 0. The molecule has 304 valence electrons. The molecule has 0 aromatic heterocycles. The van der Waals surface area contributed by atoms with Crippen molar-refractivity contribution in [3.63, 3.8) is 0 Å². The fourth-order valence-electron chi connectivity index (χ4n) is 12.7. The maximum atomic E-state index is 7.50. The van der Waals surface area contributed by atoms with Crippen LogP contribution in [0.25, 0.3) is 44.5 Å². The third-order valence-electron chi connectivity index (χ3n) is 16.9. The maximum Gasteiger partial charge on any atom is 0.115 e. The van der Waals surface area contributed by atoms with Crippen LogP contribution < -0.4 is 152 Å². The first-order chi connectivity index (χ1) is 37.3. The van der Waals surface area contributed by atoms with Gasteiger partial charge in [-0.05, 0) is 90.0 Å². The lowest BCUT2D eigenvalue weighted by molar-refractivity contribution is 0.665. The van der Waals surface area contributed by atoms with Gasteiger partial charge in [0.2, 0.25) is 0 Å². The Hall–Kier alpha value is -4.69. The van der Waals surface area contributed by atoms with Crippen molar-refractivity contribution in [3.8, 4) is 44.5 Å². The molecule has 0 N–H and O–H groups in total. The van der Waals surface area contributed by atoms with Crippen LogP contribution in [-0.4, -0.2) is 212 Å². The Morgan fingerprint density at radius 1 is 0.237 bits per heavy atom. The molecule has 11 rings (SSSR count). The van der Waals surface area contributed by atoms with Gasteiger partial charge in [-0.3, -0.25) is 0 Å². The Morgan fingerprint density at radius 2 is 0.500 bits per heavy atom. The molecule has 3 aliphatic carbocycles. The lowest BCUT2D eigenvalue weighted by atomic mass is 9.56. The molecule has 54 radical (unpaired) electrons. The van der Waals surface area contributed by atoms with Crippen molar-refractivity contribution >= 4 is 376 Å². The Bertz CT molecular complexity index is 4240. The monoisotopic (exact) mass is 945 g/mol. The predicted octanol–water partition coefficient (Wildman–Crippen LogP) is -19.1. The van der Waals surface area contributed by atoms with Gasteiger partial charge in [0, 0.05) is 22.5 Å². The minimum absolute atomic E-state index is 0.00137. The average Bonchev–Trinajstić information content (AvgIpc) is 4.12. The molecule has 8 aromatic rings. The molecule has 0 fully saturated rings. The molecule has 8 aromatic carbocycles. The number of benzene rings is 8. The highest BCUT2D eigenvalue weighted by atomic mass is 15.2. The predicted molar refractivity (Wildman–Crippen MR) is 366 cm³/mol. The highest BCUT2D eigenvalue weighted by Crippen LogP contribution is 2.61. The summed E-state index contributed by atoms with van der Waals surface area (Å²) in [5.74, 6) is 0. The van der Waals surface area contributed by atoms with Crippen LogP contribution in [-0.2, 0) is 10.8 Å². The van der Waals surface area contributed by atoms with Crippen LogP contribution >= 0.6 is 0 Å². The minimum atomic E-state index is -1.74. The fraction of sp³-hybridized carbons (Fsp3) is 0.0769. The SMILES string of the molecule is [B]c1cc2c(c([B])c1[B])-c1c(cc(N(c3cc4c(c([B])c3[B])-c3c([B])c([B])c([B])c([B])c3C4(C)C)c3c([B])c([B])c(-c4c([B])c([B])c([B])c([B])c4[B])c([B])c3[B])c([B])c1[B])C21c2cc([B])c([B])c([B])c2-c2c([B])c([B])c([B])c([B])c21. The molecular formula is C52H10B27N. The maximum absolute atomic E-state index is 7.50. The summed E-state index contributed by atoms with van der Waals surface area (Å²) < 4.78 is 0. The molecule has 0 heterocycles. The second kappa shape index (κ2) is 18.7. The van der Waals surface area contributed by atoms with E-state index in [9.17, 15) is 0 Å². The topological polar surface area (TPSA) is 3.24 Å². The van der Waals surface area contributed by atoms with E-state index in [2.05, 4.69) is 0 Å². The Balaban J connectivity index is 1.35. The third-order valence-corrected chi connectivity index (χ3v) is 16.9. The van der Waals surface area contributed by atoms with Gasteiger partial charge < -0.3 is 4.90 Å². The van der Waals surface area contributed by atoms with Gasteiger partial charge in [-0.1, -0.05) is 113 Å². The zero-order valence-electron chi connectivity index (χ0n) is 43.3. The molecule has 1 nitrogen and oxygen atoms in total. The quantitative estimate of drug-likeness (QED) is 0.159. The van der Waals surface area contributed by atoms with E-state index in [0.717, 1.165) is 0 Å². The van der Waals surface area contributed by atoms with E-state index in [1.54, 1.807) is 24.3 Å². The van der Waals surface area contributed by atoms with Crippen LogP contribution in [0.4, 0.5) is 17.1 Å². The average molecular weight is 941 g/mol. The molecule has 0 saturated heterocycles. The molecule has 1 spiro atoms. The Morgan fingerprint density at radius 3 is 0.912 bits per heavy atom. The summed E-state index contributed by atoms with van der Waals surface area (Å²) in [7, 11) is 186. The molecule has 28 heteroatoms. The molecule has 0 aliphatic heterocycles. The van der Waals surface area contributed by atoms with Crippen LogP contribution in [0.3, 0.4) is 0 Å². The number of nitrogens with zero attached hydrogens (tertiary/aromatic N) is 1. The normalized spacial score (nSPS) is 14.9. The summed E-state index contributed by atoms with van der Waals surface area (Å²) in [6, 6.07) is 6.64. The molecule has 1 atom stereocenters. The summed E-state index contributed by atoms with van der Waals surface area (Å²) in [5.41, 5.74) is 0.0378. The van der Waals surface area contributed by atoms with Gasteiger partial charge >= 0.3 is 0 Å². The van der Waals surface area contributed by atoms with E-state index < -0.39 is 10.8 Å². The standard InChI is InChI=1S/C52H10B27N/c1-51(2)7-5-13(27(57)31(61)15(7)19-23(51)39(69)45(75)41(71)33(19)63)80(50-48(78)37(67)22(38(68)49(50)79)21-35(65)43(73)47(77)44(74)36(21)66)14-6-10-17(32(62)28(14)58)16-8(3-11(53)25(55)29(16)59)52(10)9-4-12(54)26(56)30(60)18(9)20-24(52)40(70)46(76)42(72)34(20)64/h3-6H,1-2H3. The fourth-order valence-corrected chi connectivity index (χ4v) is 12.7. The lowest BCUT2D eigenvalue weighted by Gasteiger charge is -2.39. The van der Waals surface area contributed by atoms with Crippen molar-refractivity contribution in [2.24, 2.45) is 0 Å². The molecule has 3 aliphatic rings. The second-order valence-electron chi connectivity index (χ2n) is 21.1. The van der Waals surface area contributed by atoms with Crippen molar-refractivity contribution in [2.75, 3.05) is 4.90 Å². The first kappa shape index (κ1) is 57.1. The first-order valence-electron chi connectivity index (χ1n) is 24.3. The van der Waals surface area contributed by atoms with Crippen LogP contribution in [0.2, 0.25) is 0 Å². The smallest absolute Gasteiger partial charge is 0.115 e. The van der Waals surface area contributed by atoms with Crippen LogP contribution in [0, 0.1) is 0 Å². The molecule has 0 saturated carbocycles. The molecule has 1 unspecified atom stereocenters. The van der Waals surface area contributed by atoms with E-state index in [1.807, 2.05) is 13.8 Å². The minimum Gasteiger partial charge on any atom is -0.313 e. The number of rotatable bonds is 4. The van der Waals surface area contributed by atoms with Crippen LogP contribution in [0.5, 0.6) is 0 Å². The molecule has 0 bridgehead atoms. The van der Waals surface area contributed by atoms with E-state index in [-0.39, 0.29) is 192 Å². The summed E-state index contributed by atoms with van der Waals surface area (Å²) in [6.45, 7) is 3.77. The van der Waals surface area contributed by atoms with Crippen molar-refractivity contribution in [1.29, 1.82) is 0 Å². The van der Waals surface area contributed by atoms with Crippen molar-refractivity contribution in [2.45, 2.75) is 24.7 Å². The number of hydrogen-bond acceptors (Lipinski definition) is 1. The summed E-state index contributed by atoms with van der Waals surface area (Å²) in [4.78, 5) is 1.49. The number of fused-ring (bicyclic) bond motifs is 13. The number of hydrogen-bond donors (Lipinski definition) is 0. The van der Waals surface area contributed by atoms with Gasteiger partial charge in [0.05, 0.1) is 5.41 Å². The molecule has 0 amide bonds. The zero-order chi connectivity index (χ0) is 58.8. The summed E-state index contributed by atoms with van der Waals surface area (Å²) >= 11 is 0. The van der Waals surface area contributed by atoms with Gasteiger partial charge in [0.25, 0.3) is 0 Å². The zero-order valence-corrected chi connectivity index (χ0v) is 43.3. The van der Waals surface area contributed by atoms with Crippen molar-refractivity contribution < 1.29 is 0 Å². The lowest BCUT2D eigenvalue weighted by Crippen LogP contribution is -2.57. The van der Waals surface area contributed by atoms with E-state index in [1.165, 1.54) is 4.90 Å². The van der Waals surface area contributed by atoms with Gasteiger partial charge in [0.1, 0.15) is 212 Å². The van der Waals surface area contributed by atoms with E-state index in [4.69, 9.17) is 212 Å². The molecule has 80 heavy (non-hydrogen) atoms. The van der Waals surface area contributed by atoms with Crippen LogP contribution in [0.15, 0.2) is 24.3 Å². The van der Waals surface area contributed by atoms with Gasteiger partial charge in [-0.15, -0.1) is 60.1 Å². The van der Waals surface area contributed by atoms with E-state index >= 15 is 0 Å². The second-order valence-corrected chi connectivity index (χ2v) is 21.1. The van der Waals surface area contributed by atoms with Gasteiger partial charge in [-0.25, -0.2) is 0 Å². The van der Waals surface area contributed by atoms with Crippen LogP contribution in [0.1, 0.15) is 47.2 Å². The highest BCUT2D eigenvalue weighted by molar-refractivity contribution is 6.73. The number of anilines is 3. The third kappa shape index (κ3) is 6.92. The Labute approximate surface area is 504 Å². The summed E-state index contributed by atoms with van der Waals surface area (Å²) in [6.07, 6.45) is 0. The van der Waals surface area contributed by atoms with Gasteiger partial charge in [0.15, 0.2) is 0 Å². The van der Waals surface area contributed by atoms with E-state index in [0.29, 0.717) is 50.1 Å². The highest BCUT2D eigenvalue weighted by Gasteiger charge is 2.55. The van der Waals surface area contributed by atoms with Crippen molar-refractivity contribution in [1.82, 2.24) is 0 Å².